The second kappa shape index (κ2) is 8.98. The molecule has 0 radical (unpaired) electrons. The normalized spacial score (nSPS) is 19.3. The van der Waals surface area contributed by atoms with Crippen LogP contribution in [0.2, 0.25) is 0 Å². The summed E-state index contributed by atoms with van der Waals surface area (Å²) in [5.74, 6) is 0.615. The van der Waals surface area contributed by atoms with Crippen molar-refractivity contribution in [3.05, 3.63) is 53.6 Å². The van der Waals surface area contributed by atoms with Gasteiger partial charge in [-0.05, 0) is 55.2 Å². The molecule has 2 heterocycles. The zero-order valence-corrected chi connectivity index (χ0v) is 18.7. The van der Waals surface area contributed by atoms with Gasteiger partial charge < -0.3 is 14.4 Å². The van der Waals surface area contributed by atoms with E-state index in [-0.39, 0.29) is 23.3 Å². The molecule has 2 aromatic carbocycles. The Labute approximate surface area is 183 Å². The van der Waals surface area contributed by atoms with Crippen LogP contribution in [-0.2, 0) is 32.4 Å². The van der Waals surface area contributed by atoms with E-state index in [1.54, 1.807) is 25.3 Å². The summed E-state index contributed by atoms with van der Waals surface area (Å²) in [6, 6.07) is 13.0. The molecule has 4 rings (SSSR count). The Bertz CT molecular complexity index is 1060. The van der Waals surface area contributed by atoms with E-state index in [0.717, 1.165) is 12.1 Å². The lowest BCUT2D eigenvalue weighted by Crippen LogP contribution is -2.40. The fourth-order valence-electron chi connectivity index (χ4n) is 4.35. The zero-order valence-electron chi connectivity index (χ0n) is 17.9. The lowest BCUT2D eigenvalue weighted by molar-refractivity contribution is -0.118. The largest absolute Gasteiger partial charge is 0.496 e. The van der Waals surface area contributed by atoms with E-state index in [1.165, 1.54) is 9.87 Å². The third-order valence-electron chi connectivity index (χ3n) is 5.94. The molecule has 0 N–H and O–H groups in total. The first-order chi connectivity index (χ1) is 14.9. The van der Waals surface area contributed by atoms with E-state index in [0.29, 0.717) is 44.0 Å². The molecule has 2 aromatic rings. The first-order valence-corrected chi connectivity index (χ1v) is 12.0. The van der Waals surface area contributed by atoms with Crippen LogP contribution in [0.15, 0.2) is 47.4 Å². The summed E-state index contributed by atoms with van der Waals surface area (Å²) < 4.78 is 38.2. The maximum Gasteiger partial charge on any atom is 0.243 e. The predicted molar refractivity (Wildman–Crippen MR) is 118 cm³/mol. The van der Waals surface area contributed by atoms with E-state index in [9.17, 15) is 13.2 Å². The number of sulfonamides is 1. The average Bonchev–Trinajstić information content (AvgIpc) is 3.13. The standard InChI is InChI=1S/C23H28N2O5S/c1-17-15-18-5-3-4-6-21(18)25(17)23(26)10-7-19-16-20(8-9-22(19)29-2)31(27,28)24-11-13-30-14-12-24/h3-6,8-9,16-17H,7,10-15H2,1-2H3/t17-/m0/s1. The van der Waals surface area contributed by atoms with E-state index in [2.05, 4.69) is 6.07 Å². The lowest BCUT2D eigenvalue weighted by Gasteiger charge is -2.26. The molecule has 1 atom stereocenters. The summed E-state index contributed by atoms with van der Waals surface area (Å²) in [4.78, 5) is 15.1. The topological polar surface area (TPSA) is 76.1 Å². The third kappa shape index (κ3) is 4.33. The molecule has 2 aliphatic heterocycles. The van der Waals surface area contributed by atoms with E-state index >= 15 is 0 Å². The minimum absolute atomic E-state index is 0.0287. The fourth-order valence-corrected chi connectivity index (χ4v) is 5.81. The van der Waals surface area contributed by atoms with Crippen LogP contribution in [-0.4, -0.2) is 58.1 Å². The number of rotatable bonds is 6. The smallest absolute Gasteiger partial charge is 0.243 e. The number of hydrogen-bond acceptors (Lipinski definition) is 5. The number of carbonyl (C=O) groups is 1. The quantitative estimate of drug-likeness (QED) is 0.685. The van der Waals surface area contributed by atoms with Crippen molar-refractivity contribution in [2.24, 2.45) is 0 Å². The molecule has 2 aliphatic rings. The van der Waals surface area contributed by atoms with Crippen LogP contribution in [0.3, 0.4) is 0 Å². The molecule has 31 heavy (non-hydrogen) atoms. The monoisotopic (exact) mass is 444 g/mol. The number of anilines is 1. The number of aryl methyl sites for hydroxylation is 1. The molecule has 0 aliphatic carbocycles. The van der Waals surface area contributed by atoms with Gasteiger partial charge in [0.25, 0.3) is 0 Å². The molecule has 0 spiro atoms. The fraction of sp³-hybridized carbons (Fsp3) is 0.435. The van der Waals surface area contributed by atoms with Crippen molar-refractivity contribution in [3.63, 3.8) is 0 Å². The minimum atomic E-state index is -3.61. The van der Waals surface area contributed by atoms with Crippen LogP contribution in [0.5, 0.6) is 5.75 Å². The van der Waals surface area contributed by atoms with Gasteiger partial charge in [0.2, 0.25) is 15.9 Å². The van der Waals surface area contributed by atoms with Gasteiger partial charge in [0.1, 0.15) is 5.75 Å². The molecule has 1 fully saturated rings. The van der Waals surface area contributed by atoms with Gasteiger partial charge in [-0.15, -0.1) is 0 Å². The SMILES string of the molecule is COc1ccc(S(=O)(=O)N2CCOCC2)cc1CCC(=O)N1c2ccccc2C[C@@H]1C. The van der Waals surface area contributed by atoms with Gasteiger partial charge in [-0.3, -0.25) is 4.79 Å². The molecule has 1 saturated heterocycles. The number of amides is 1. The molecule has 0 saturated carbocycles. The van der Waals surface area contributed by atoms with Crippen LogP contribution in [0.25, 0.3) is 0 Å². The highest BCUT2D eigenvalue weighted by Crippen LogP contribution is 2.33. The molecular weight excluding hydrogens is 416 g/mol. The van der Waals surface area contributed by atoms with Crippen molar-refractivity contribution in [2.75, 3.05) is 38.3 Å². The summed E-state index contributed by atoms with van der Waals surface area (Å²) in [7, 11) is -2.06. The maximum absolute atomic E-state index is 13.1. The Morgan fingerprint density at radius 2 is 1.90 bits per heavy atom. The van der Waals surface area contributed by atoms with Crippen LogP contribution >= 0.6 is 0 Å². The van der Waals surface area contributed by atoms with Gasteiger partial charge in [-0.1, -0.05) is 18.2 Å². The van der Waals surface area contributed by atoms with Crippen LogP contribution in [0.4, 0.5) is 5.69 Å². The number of hydrogen-bond donors (Lipinski definition) is 0. The number of morpholine rings is 1. The Kier molecular flexibility index (Phi) is 6.31. The first-order valence-electron chi connectivity index (χ1n) is 10.6. The highest BCUT2D eigenvalue weighted by atomic mass is 32.2. The van der Waals surface area contributed by atoms with Gasteiger partial charge in [-0.2, -0.15) is 4.31 Å². The summed E-state index contributed by atoms with van der Waals surface area (Å²) >= 11 is 0. The van der Waals surface area contributed by atoms with Gasteiger partial charge in [0.05, 0.1) is 25.2 Å². The zero-order chi connectivity index (χ0) is 22.0. The Morgan fingerprint density at radius 1 is 1.16 bits per heavy atom. The lowest BCUT2D eigenvalue weighted by atomic mass is 10.1. The molecule has 8 heteroatoms. The van der Waals surface area contributed by atoms with Crippen molar-refractivity contribution in [2.45, 2.75) is 37.1 Å². The van der Waals surface area contributed by atoms with Gasteiger partial charge >= 0.3 is 0 Å². The average molecular weight is 445 g/mol. The summed E-state index contributed by atoms with van der Waals surface area (Å²) in [5.41, 5.74) is 2.86. The number of para-hydroxylation sites is 1. The van der Waals surface area contributed by atoms with Crippen LogP contribution in [0.1, 0.15) is 24.5 Å². The summed E-state index contributed by atoms with van der Waals surface area (Å²) in [6.07, 6.45) is 1.52. The molecule has 0 unspecified atom stereocenters. The van der Waals surface area contributed by atoms with Crippen LogP contribution < -0.4 is 9.64 Å². The van der Waals surface area contributed by atoms with Crippen LogP contribution in [0, 0.1) is 0 Å². The summed E-state index contributed by atoms with van der Waals surface area (Å²) in [5, 5.41) is 0. The maximum atomic E-state index is 13.1. The highest BCUT2D eigenvalue weighted by molar-refractivity contribution is 7.89. The summed E-state index contributed by atoms with van der Waals surface area (Å²) in [6.45, 7) is 3.52. The third-order valence-corrected chi connectivity index (χ3v) is 7.84. The molecular formula is C23H28N2O5S. The molecule has 0 bridgehead atoms. The van der Waals surface area contributed by atoms with E-state index in [1.807, 2.05) is 30.0 Å². The Balaban J connectivity index is 1.53. The van der Waals surface area contributed by atoms with Crippen molar-refractivity contribution < 1.29 is 22.7 Å². The Hall–Kier alpha value is -2.42. The van der Waals surface area contributed by atoms with Gasteiger partial charge in [-0.25, -0.2) is 8.42 Å². The van der Waals surface area contributed by atoms with Crippen molar-refractivity contribution >= 4 is 21.6 Å². The van der Waals surface area contributed by atoms with Crippen molar-refractivity contribution in [1.82, 2.24) is 4.31 Å². The van der Waals surface area contributed by atoms with E-state index in [4.69, 9.17) is 9.47 Å². The molecule has 166 valence electrons. The van der Waals surface area contributed by atoms with Gasteiger partial charge in [0.15, 0.2) is 0 Å². The Morgan fingerprint density at radius 3 is 2.65 bits per heavy atom. The van der Waals surface area contributed by atoms with Crippen molar-refractivity contribution in [1.29, 1.82) is 0 Å². The predicted octanol–water partition coefficient (Wildman–Crippen LogP) is 2.63. The second-order valence-corrected chi connectivity index (χ2v) is 9.87. The molecule has 7 nitrogen and oxygen atoms in total. The number of carbonyl (C=O) groups excluding carboxylic acids is 1. The van der Waals surface area contributed by atoms with E-state index < -0.39 is 10.0 Å². The number of methoxy groups -OCH3 is 1. The number of ether oxygens (including phenoxy) is 2. The number of benzene rings is 2. The number of fused-ring (bicyclic) bond motifs is 1. The number of nitrogens with zero attached hydrogens (tertiary/aromatic N) is 2. The molecule has 0 aromatic heterocycles. The first kappa shape index (κ1) is 21.8. The minimum Gasteiger partial charge on any atom is -0.496 e. The molecule has 1 amide bonds. The van der Waals surface area contributed by atoms with Gasteiger partial charge in [0, 0.05) is 31.2 Å². The second-order valence-electron chi connectivity index (χ2n) is 7.94. The highest BCUT2D eigenvalue weighted by Gasteiger charge is 2.31. The van der Waals surface area contributed by atoms with Crippen molar-refractivity contribution in [3.8, 4) is 5.75 Å².